The van der Waals surface area contributed by atoms with Crippen molar-refractivity contribution in [2.45, 2.75) is 18.9 Å². The van der Waals surface area contributed by atoms with Crippen LogP contribution in [0.2, 0.25) is 0 Å². The molecule has 12 heavy (non-hydrogen) atoms. The lowest BCUT2D eigenvalue weighted by molar-refractivity contribution is 0.116. The Morgan fingerprint density at radius 2 is 2.25 bits per heavy atom. The van der Waals surface area contributed by atoms with Gasteiger partial charge in [0.1, 0.15) is 0 Å². The van der Waals surface area contributed by atoms with Gasteiger partial charge in [0.15, 0.2) is 0 Å². The number of hydrogen-bond acceptors (Lipinski definition) is 2. The number of nitrogens with two attached hydrogens (primary N) is 1. The maximum Gasteiger partial charge on any atom is 0.253 e. The minimum Gasteiger partial charge on any atom is -0.323 e. The predicted molar refractivity (Wildman–Crippen MR) is 41.9 cm³/mol. The molecule has 0 aliphatic rings. The van der Waals surface area contributed by atoms with Gasteiger partial charge in [0, 0.05) is 12.4 Å². The quantitative estimate of drug-likeness (QED) is 0.744. The zero-order valence-corrected chi connectivity index (χ0v) is 6.45. The zero-order chi connectivity index (χ0) is 8.97. The molecule has 1 atom stereocenters. The number of halogens is 2. The molecule has 0 bridgehead atoms. The van der Waals surface area contributed by atoms with Gasteiger partial charge in [-0.05, 0) is 18.1 Å². The van der Waals surface area contributed by atoms with Gasteiger partial charge in [-0.2, -0.15) is 0 Å². The van der Waals surface area contributed by atoms with Crippen LogP contribution in [-0.4, -0.2) is 17.5 Å². The molecule has 0 spiro atoms. The Morgan fingerprint density at radius 3 is 2.75 bits per heavy atom. The van der Waals surface area contributed by atoms with Crippen LogP contribution in [0.15, 0.2) is 24.5 Å². The van der Waals surface area contributed by atoms with E-state index in [1.807, 2.05) is 0 Å². The summed E-state index contributed by atoms with van der Waals surface area (Å²) in [6, 6.07) is 2.34. The second-order valence-corrected chi connectivity index (χ2v) is 2.56. The molecule has 4 heteroatoms. The Balaban J connectivity index is 2.53. The first-order chi connectivity index (χ1) is 5.70. The number of hydrogen-bond donors (Lipinski definition) is 1. The lowest BCUT2D eigenvalue weighted by atomic mass is 10.1. The van der Waals surface area contributed by atoms with Crippen molar-refractivity contribution in [1.29, 1.82) is 0 Å². The largest absolute Gasteiger partial charge is 0.323 e. The molecule has 0 fully saturated rings. The van der Waals surface area contributed by atoms with Crippen molar-refractivity contribution < 1.29 is 8.78 Å². The van der Waals surface area contributed by atoms with E-state index >= 15 is 0 Å². The minimum atomic E-state index is -2.47. The van der Waals surface area contributed by atoms with E-state index < -0.39 is 12.5 Å². The smallest absolute Gasteiger partial charge is 0.253 e. The van der Waals surface area contributed by atoms with Crippen molar-refractivity contribution >= 4 is 0 Å². The first kappa shape index (κ1) is 9.06. The highest BCUT2D eigenvalue weighted by atomic mass is 19.3. The number of aromatic nitrogens is 1. The molecule has 2 N–H and O–H groups in total. The second-order valence-electron chi connectivity index (χ2n) is 2.56. The van der Waals surface area contributed by atoms with E-state index in [0.29, 0.717) is 0 Å². The van der Waals surface area contributed by atoms with Crippen molar-refractivity contribution in [2.24, 2.45) is 5.73 Å². The highest BCUT2D eigenvalue weighted by Crippen LogP contribution is 2.05. The van der Waals surface area contributed by atoms with Crippen LogP contribution in [0.25, 0.3) is 0 Å². The third-order valence-corrected chi connectivity index (χ3v) is 1.52. The van der Waals surface area contributed by atoms with Crippen LogP contribution in [-0.2, 0) is 6.42 Å². The lowest BCUT2D eigenvalue weighted by Gasteiger charge is -2.08. The van der Waals surface area contributed by atoms with Crippen LogP contribution in [0, 0.1) is 0 Å². The molecule has 0 saturated carbocycles. The molecule has 66 valence electrons. The summed E-state index contributed by atoms with van der Waals surface area (Å²) in [5.41, 5.74) is 5.91. The van der Waals surface area contributed by atoms with Gasteiger partial charge >= 0.3 is 0 Å². The summed E-state index contributed by atoms with van der Waals surface area (Å²) in [6.45, 7) is 0. The Kier molecular flexibility index (Phi) is 3.10. The van der Waals surface area contributed by atoms with Gasteiger partial charge in [0.25, 0.3) is 6.43 Å². The standard InChI is InChI=1S/C8H10F2N2/c9-8(10)7(11)4-6-2-1-3-12-5-6/h1-3,5,7-8H,4,11H2. The Labute approximate surface area is 69.4 Å². The summed E-state index contributed by atoms with van der Waals surface area (Å²) in [4.78, 5) is 3.80. The number of nitrogens with zero attached hydrogens (tertiary/aromatic N) is 1. The summed E-state index contributed by atoms with van der Waals surface area (Å²) in [5, 5.41) is 0. The fraction of sp³-hybridized carbons (Fsp3) is 0.375. The molecule has 1 aromatic heterocycles. The van der Waals surface area contributed by atoms with E-state index in [-0.39, 0.29) is 6.42 Å². The normalized spacial score (nSPS) is 13.3. The Hall–Kier alpha value is -1.03. The molecule has 1 aromatic rings. The van der Waals surface area contributed by atoms with Crippen LogP contribution in [0.1, 0.15) is 5.56 Å². The average molecular weight is 172 g/mol. The fourth-order valence-corrected chi connectivity index (χ4v) is 0.880. The molecule has 1 unspecified atom stereocenters. The molecular weight excluding hydrogens is 162 g/mol. The van der Waals surface area contributed by atoms with Crippen LogP contribution in [0.4, 0.5) is 8.78 Å². The molecule has 0 radical (unpaired) electrons. The molecule has 0 saturated heterocycles. The van der Waals surface area contributed by atoms with Crippen LogP contribution < -0.4 is 5.73 Å². The molecule has 0 aromatic carbocycles. The monoisotopic (exact) mass is 172 g/mol. The number of rotatable bonds is 3. The van der Waals surface area contributed by atoms with E-state index in [1.165, 1.54) is 0 Å². The number of alkyl halides is 2. The van der Waals surface area contributed by atoms with Gasteiger partial charge < -0.3 is 5.73 Å². The second kappa shape index (κ2) is 4.11. The average Bonchev–Trinajstić information content (AvgIpc) is 2.06. The highest BCUT2D eigenvalue weighted by Gasteiger charge is 2.14. The SMILES string of the molecule is NC(Cc1cccnc1)C(F)F. The highest BCUT2D eigenvalue weighted by molar-refractivity contribution is 5.10. The Bertz CT molecular complexity index is 226. The van der Waals surface area contributed by atoms with Gasteiger partial charge in [0.2, 0.25) is 0 Å². The minimum absolute atomic E-state index is 0.172. The molecule has 0 aliphatic carbocycles. The van der Waals surface area contributed by atoms with Crippen molar-refractivity contribution in [2.75, 3.05) is 0 Å². The maximum absolute atomic E-state index is 12.0. The molecule has 1 heterocycles. The van der Waals surface area contributed by atoms with Crippen molar-refractivity contribution in [3.05, 3.63) is 30.1 Å². The van der Waals surface area contributed by atoms with Gasteiger partial charge in [-0.15, -0.1) is 0 Å². The third-order valence-electron chi connectivity index (χ3n) is 1.52. The zero-order valence-electron chi connectivity index (χ0n) is 6.45. The first-order valence-corrected chi connectivity index (χ1v) is 3.63. The molecular formula is C8H10F2N2. The summed E-state index contributed by atoms with van der Waals surface area (Å²) >= 11 is 0. The summed E-state index contributed by atoms with van der Waals surface area (Å²) in [5.74, 6) is 0. The van der Waals surface area contributed by atoms with E-state index in [0.717, 1.165) is 5.56 Å². The number of pyridine rings is 1. The van der Waals surface area contributed by atoms with E-state index in [9.17, 15) is 8.78 Å². The van der Waals surface area contributed by atoms with Crippen molar-refractivity contribution in [3.63, 3.8) is 0 Å². The van der Waals surface area contributed by atoms with Crippen LogP contribution >= 0.6 is 0 Å². The summed E-state index contributed by atoms with van der Waals surface area (Å²) < 4.78 is 23.9. The lowest BCUT2D eigenvalue weighted by Crippen LogP contribution is -2.30. The van der Waals surface area contributed by atoms with Crippen LogP contribution in [0.3, 0.4) is 0 Å². The van der Waals surface area contributed by atoms with Gasteiger partial charge in [0.05, 0.1) is 6.04 Å². The fourth-order valence-electron chi connectivity index (χ4n) is 0.880. The molecule has 0 amide bonds. The topological polar surface area (TPSA) is 38.9 Å². The predicted octanol–water partition coefficient (Wildman–Crippen LogP) is 1.22. The van der Waals surface area contributed by atoms with Crippen molar-refractivity contribution in [3.8, 4) is 0 Å². The van der Waals surface area contributed by atoms with Crippen LogP contribution in [0.5, 0.6) is 0 Å². The molecule has 2 nitrogen and oxygen atoms in total. The Morgan fingerprint density at radius 1 is 1.50 bits per heavy atom. The summed E-state index contributed by atoms with van der Waals surface area (Å²) in [7, 11) is 0. The van der Waals surface area contributed by atoms with E-state index in [2.05, 4.69) is 4.98 Å². The summed E-state index contributed by atoms with van der Waals surface area (Å²) in [6.07, 6.45) is 0.843. The van der Waals surface area contributed by atoms with Gasteiger partial charge in [-0.1, -0.05) is 6.07 Å². The molecule has 0 aliphatic heterocycles. The van der Waals surface area contributed by atoms with Crippen molar-refractivity contribution in [1.82, 2.24) is 4.98 Å². The first-order valence-electron chi connectivity index (χ1n) is 3.63. The van der Waals surface area contributed by atoms with Gasteiger partial charge in [-0.3, -0.25) is 4.98 Å². The van der Waals surface area contributed by atoms with E-state index in [4.69, 9.17) is 5.73 Å². The third kappa shape index (κ3) is 2.54. The van der Waals surface area contributed by atoms with E-state index in [1.54, 1.807) is 24.5 Å². The van der Waals surface area contributed by atoms with Gasteiger partial charge in [-0.25, -0.2) is 8.78 Å². The molecule has 1 rings (SSSR count). The maximum atomic E-state index is 12.0.